The van der Waals surface area contributed by atoms with E-state index in [1.54, 1.807) is 0 Å². The third kappa shape index (κ3) is 3.93. The minimum absolute atomic E-state index is 0.146. The fraction of sp³-hybridized carbons (Fsp3) is 0.923. The van der Waals surface area contributed by atoms with Crippen molar-refractivity contribution in [3.63, 3.8) is 0 Å². The third-order valence-electron chi connectivity index (χ3n) is 4.14. The Morgan fingerprint density at radius 1 is 1.44 bits per heavy atom. The van der Waals surface area contributed by atoms with Crippen LogP contribution in [0.2, 0.25) is 0 Å². The number of carbonyl (C=O) groups excluding carboxylic acids is 1. The van der Waals surface area contributed by atoms with Crippen molar-refractivity contribution in [2.75, 3.05) is 33.2 Å². The Morgan fingerprint density at radius 2 is 2.17 bits per heavy atom. The smallest absolute Gasteiger partial charge is 0.234 e. The molecule has 0 bridgehead atoms. The van der Waals surface area contributed by atoms with Gasteiger partial charge in [-0.05, 0) is 33.2 Å². The van der Waals surface area contributed by atoms with Crippen LogP contribution in [0.25, 0.3) is 0 Å². The molecule has 5 heteroatoms. The van der Waals surface area contributed by atoms with Gasteiger partial charge in [0, 0.05) is 38.3 Å². The zero-order valence-electron chi connectivity index (χ0n) is 11.6. The molecule has 2 rings (SSSR count). The van der Waals surface area contributed by atoms with Gasteiger partial charge in [0.2, 0.25) is 5.91 Å². The summed E-state index contributed by atoms with van der Waals surface area (Å²) in [6, 6.07) is 0.989. The highest BCUT2D eigenvalue weighted by Gasteiger charge is 2.28. The van der Waals surface area contributed by atoms with Gasteiger partial charge in [-0.15, -0.1) is 0 Å². The number of primary amides is 1. The summed E-state index contributed by atoms with van der Waals surface area (Å²) in [7, 11) is 2.17. The molecule has 104 valence electrons. The molecule has 1 aliphatic carbocycles. The fourth-order valence-electron chi connectivity index (χ4n) is 2.48. The number of nitrogens with two attached hydrogens (primary N) is 1. The average Bonchev–Trinajstić information content (AvgIpc) is 3.12. The van der Waals surface area contributed by atoms with Crippen molar-refractivity contribution in [1.29, 1.82) is 0 Å². The molecule has 0 spiro atoms. The van der Waals surface area contributed by atoms with Gasteiger partial charge in [0.15, 0.2) is 0 Å². The van der Waals surface area contributed by atoms with Gasteiger partial charge in [-0.2, -0.15) is 0 Å². The number of rotatable bonds is 6. The molecule has 2 aliphatic rings. The number of hydrogen-bond donors (Lipinski definition) is 2. The first-order chi connectivity index (χ1) is 8.56. The van der Waals surface area contributed by atoms with Crippen molar-refractivity contribution in [2.45, 2.75) is 44.3 Å². The van der Waals surface area contributed by atoms with Gasteiger partial charge in [0.1, 0.15) is 0 Å². The fourth-order valence-corrected chi connectivity index (χ4v) is 2.48. The van der Waals surface area contributed by atoms with Crippen molar-refractivity contribution in [1.82, 2.24) is 15.1 Å². The maximum Gasteiger partial charge on any atom is 0.234 e. The van der Waals surface area contributed by atoms with Crippen LogP contribution in [-0.2, 0) is 4.79 Å². The zero-order chi connectivity index (χ0) is 13.1. The minimum Gasteiger partial charge on any atom is -0.368 e. The summed E-state index contributed by atoms with van der Waals surface area (Å²) in [5.74, 6) is -0.205. The highest BCUT2D eigenvalue weighted by molar-refractivity contribution is 5.79. The quantitative estimate of drug-likeness (QED) is 0.678. The number of hydrogen-bond acceptors (Lipinski definition) is 4. The maximum absolute atomic E-state index is 11.4. The molecule has 2 unspecified atom stereocenters. The largest absolute Gasteiger partial charge is 0.368 e. The molecule has 1 saturated heterocycles. The van der Waals surface area contributed by atoms with E-state index in [0.29, 0.717) is 12.1 Å². The number of nitrogens with one attached hydrogen (secondary N) is 1. The molecular weight excluding hydrogens is 228 g/mol. The van der Waals surface area contributed by atoms with Gasteiger partial charge >= 0.3 is 0 Å². The summed E-state index contributed by atoms with van der Waals surface area (Å²) >= 11 is 0. The van der Waals surface area contributed by atoms with Gasteiger partial charge in [0.05, 0.1) is 6.04 Å². The van der Waals surface area contributed by atoms with Crippen LogP contribution in [0.4, 0.5) is 0 Å². The van der Waals surface area contributed by atoms with Crippen LogP contribution in [-0.4, -0.2) is 67.1 Å². The predicted molar refractivity (Wildman–Crippen MR) is 72.3 cm³/mol. The molecular formula is C13H26N4O. The van der Waals surface area contributed by atoms with E-state index in [0.717, 1.165) is 32.6 Å². The number of likely N-dealkylation sites (N-methyl/N-ethyl adjacent to an activating group) is 1. The topological polar surface area (TPSA) is 61.6 Å². The summed E-state index contributed by atoms with van der Waals surface area (Å²) in [6.07, 6.45) is 3.22. The monoisotopic (exact) mass is 254 g/mol. The highest BCUT2D eigenvalue weighted by Crippen LogP contribution is 2.20. The lowest BCUT2D eigenvalue weighted by atomic mass is 10.1. The van der Waals surface area contributed by atoms with Crippen LogP contribution in [0.3, 0.4) is 0 Å². The van der Waals surface area contributed by atoms with Crippen LogP contribution in [0.1, 0.15) is 26.2 Å². The standard InChI is InChI=1S/C13H26N4O/c1-10-9-17(8-7-16(10)2)6-5-12(13(14)18)15-11-3-4-11/h10-12,15H,3-9H2,1-2H3,(H2,14,18). The molecule has 1 heterocycles. The first kappa shape index (κ1) is 13.8. The predicted octanol–water partition coefficient (Wildman–Crippen LogP) is -0.382. The van der Waals surface area contributed by atoms with Crippen molar-refractivity contribution in [2.24, 2.45) is 5.73 Å². The maximum atomic E-state index is 11.4. The summed E-state index contributed by atoms with van der Waals surface area (Å²) in [4.78, 5) is 16.2. The molecule has 1 saturated carbocycles. The Labute approximate surface area is 110 Å². The van der Waals surface area contributed by atoms with Crippen LogP contribution < -0.4 is 11.1 Å². The molecule has 2 atom stereocenters. The van der Waals surface area contributed by atoms with Gasteiger partial charge in [-0.25, -0.2) is 0 Å². The van der Waals surface area contributed by atoms with Gasteiger partial charge < -0.3 is 20.9 Å². The summed E-state index contributed by atoms with van der Waals surface area (Å²) in [5.41, 5.74) is 5.45. The minimum atomic E-state index is -0.205. The van der Waals surface area contributed by atoms with E-state index >= 15 is 0 Å². The SMILES string of the molecule is CC1CN(CCC(NC2CC2)C(N)=O)CCN1C. The number of piperazine rings is 1. The zero-order valence-corrected chi connectivity index (χ0v) is 11.6. The van der Waals surface area contributed by atoms with Crippen LogP contribution in [0.15, 0.2) is 0 Å². The number of amides is 1. The van der Waals surface area contributed by atoms with Crippen molar-refractivity contribution < 1.29 is 4.79 Å². The van der Waals surface area contributed by atoms with E-state index in [2.05, 4.69) is 29.1 Å². The Kier molecular flexibility index (Phi) is 4.59. The third-order valence-corrected chi connectivity index (χ3v) is 4.14. The lowest BCUT2D eigenvalue weighted by molar-refractivity contribution is -0.120. The Bertz CT molecular complexity index is 293. The average molecular weight is 254 g/mol. The van der Waals surface area contributed by atoms with Gasteiger partial charge in [-0.3, -0.25) is 4.79 Å². The molecule has 0 aromatic carbocycles. The molecule has 18 heavy (non-hydrogen) atoms. The number of nitrogens with zero attached hydrogens (tertiary/aromatic N) is 2. The second-order valence-corrected chi connectivity index (χ2v) is 5.81. The summed E-state index contributed by atoms with van der Waals surface area (Å²) in [6.45, 7) is 6.51. The van der Waals surface area contributed by atoms with Crippen LogP contribution in [0.5, 0.6) is 0 Å². The molecule has 0 radical (unpaired) electrons. The van der Waals surface area contributed by atoms with Gasteiger partial charge in [0.25, 0.3) is 0 Å². The van der Waals surface area contributed by atoms with E-state index in [4.69, 9.17) is 5.73 Å². The van der Waals surface area contributed by atoms with Crippen molar-refractivity contribution in [3.05, 3.63) is 0 Å². The van der Waals surface area contributed by atoms with Crippen LogP contribution >= 0.6 is 0 Å². The van der Waals surface area contributed by atoms with Crippen molar-refractivity contribution >= 4 is 5.91 Å². The van der Waals surface area contributed by atoms with Crippen molar-refractivity contribution in [3.8, 4) is 0 Å². The normalized spacial score (nSPS) is 28.2. The Balaban J connectivity index is 1.73. The van der Waals surface area contributed by atoms with E-state index in [1.165, 1.54) is 12.8 Å². The lowest BCUT2D eigenvalue weighted by Gasteiger charge is -2.38. The number of carbonyl (C=O) groups is 1. The van der Waals surface area contributed by atoms with Gasteiger partial charge in [-0.1, -0.05) is 0 Å². The van der Waals surface area contributed by atoms with E-state index in [1.807, 2.05) is 0 Å². The second kappa shape index (κ2) is 5.99. The molecule has 0 aromatic heterocycles. The molecule has 3 N–H and O–H groups in total. The van der Waals surface area contributed by atoms with E-state index < -0.39 is 0 Å². The first-order valence-electron chi connectivity index (χ1n) is 7.04. The molecule has 2 fully saturated rings. The Morgan fingerprint density at radius 3 is 2.72 bits per heavy atom. The van der Waals surface area contributed by atoms with E-state index in [9.17, 15) is 4.79 Å². The second-order valence-electron chi connectivity index (χ2n) is 5.81. The highest BCUT2D eigenvalue weighted by atomic mass is 16.1. The summed E-state index contributed by atoms with van der Waals surface area (Å²) < 4.78 is 0. The van der Waals surface area contributed by atoms with Crippen LogP contribution in [0, 0.1) is 0 Å². The molecule has 1 aliphatic heterocycles. The Hall–Kier alpha value is -0.650. The first-order valence-corrected chi connectivity index (χ1v) is 7.04. The lowest BCUT2D eigenvalue weighted by Crippen LogP contribution is -2.51. The molecule has 0 aromatic rings. The molecule has 5 nitrogen and oxygen atoms in total. The van der Waals surface area contributed by atoms with E-state index in [-0.39, 0.29) is 11.9 Å². The molecule has 1 amide bonds. The summed E-state index contributed by atoms with van der Waals surface area (Å²) in [5, 5.41) is 3.34.